The summed E-state index contributed by atoms with van der Waals surface area (Å²) in [6.07, 6.45) is -1.75. The van der Waals surface area contributed by atoms with Crippen molar-refractivity contribution < 1.29 is 47.9 Å². The van der Waals surface area contributed by atoms with Crippen LogP contribution in [0.3, 0.4) is 0 Å². The Labute approximate surface area is 262 Å². The lowest BCUT2D eigenvalue weighted by Crippen LogP contribution is -2.42. The minimum Gasteiger partial charge on any atom is -0.455 e. The van der Waals surface area contributed by atoms with Gasteiger partial charge in [0, 0.05) is 13.1 Å². The Bertz CT molecular complexity index is 1260. The smallest absolute Gasteiger partial charge is 0.407 e. The molecule has 1 aliphatic rings. The minimum absolute atomic E-state index is 0.315. The number of nitrogens with zero attached hydrogens (tertiary/aromatic N) is 4. The maximum absolute atomic E-state index is 12.7. The molecule has 0 unspecified atom stereocenters. The molecule has 16 heteroatoms. The van der Waals surface area contributed by atoms with E-state index in [9.17, 15) is 19.5 Å². The molecule has 1 aliphatic heterocycles. The summed E-state index contributed by atoms with van der Waals surface area (Å²) in [5, 5.41) is 15.9. The summed E-state index contributed by atoms with van der Waals surface area (Å²) in [7, 11) is 0. The Morgan fingerprint density at radius 3 is 2.16 bits per heavy atom. The molecule has 1 amide bonds. The standard InChI is InChI=1S/C29H46N6O10/c1-17(2)26(37)43-21-19(14-36)42-25(22(21)44-27(38)18(3)4)35-16-34-24-20(35)23(32-15-33-24)30-8-10-40-12-13-41-11-9-31-28(39)45-29(5,6)7/h15-19,21-22,25,36H,8-14H2,1-7H3,(H,31,39)(H,30,32,33)/t19-,21-,22-,25-/m1/s1. The predicted molar refractivity (Wildman–Crippen MR) is 160 cm³/mol. The Hall–Kier alpha value is -3.60. The van der Waals surface area contributed by atoms with E-state index in [1.54, 1.807) is 53.0 Å². The van der Waals surface area contributed by atoms with Crippen molar-refractivity contribution in [3.63, 3.8) is 0 Å². The lowest BCUT2D eigenvalue weighted by Gasteiger charge is -2.26. The number of rotatable bonds is 16. The monoisotopic (exact) mass is 638 g/mol. The second-order valence-electron chi connectivity index (χ2n) is 12.0. The fourth-order valence-corrected chi connectivity index (χ4v) is 4.19. The van der Waals surface area contributed by atoms with Crippen molar-refractivity contribution in [2.24, 2.45) is 11.8 Å². The quantitative estimate of drug-likeness (QED) is 0.137. The second kappa shape index (κ2) is 16.6. The topological polar surface area (TPSA) is 194 Å². The number of imidazole rings is 1. The van der Waals surface area contributed by atoms with Gasteiger partial charge in [-0.15, -0.1) is 0 Å². The van der Waals surface area contributed by atoms with Gasteiger partial charge in [-0.1, -0.05) is 27.7 Å². The highest BCUT2D eigenvalue weighted by Crippen LogP contribution is 2.37. The molecule has 0 spiro atoms. The van der Waals surface area contributed by atoms with E-state index in [0.29, 0.717) is 56.5 Å². The van der Waals surface area contributed by atoms with Crippen LogP contribution in [0.5, 0.6) is 0 Å². The van der Waals surface area contributed by atoms with E-state index >= 15 is 0 Å². The summed E-state index contributed by atoms with van der Waals surface area (Å²) >= 11 is 0. The van der Waals surface area contributed by atoms with Gasteiger partial charge in [0.05, 0.1) is 44.9 Å². The maximum atomic E-state index is 12.7. The van der Waals surface area contributed by atoms with Crippen molar-refractivity contribution in [3.05, 3.63) is 12.7 Å². The van der Waals surface area contributed by atoms with E-state index in [1.807, 2.05) is 0 Å². The predicted octanol–water partition coefficient (Wildman–Crippen LogP) is 1.82. The number of fused-ring (bicyclic) bond motifs is 1. The zero-order chi connectivity index (χ0) is 33.1. The summed E-state index contributed by atoms with van der Waals surface area (Å²) in [5.74, 6) is -1.52. The van der Waals surface area contributed by atoms with Crippen LogP contribution in [-0.2, 0) is 38.0 Å². The first-order valence-electron chi connectivity index (χ1n) is 15.0. The number of aliphatic hydroxyl groups excluding tert-OH is 1. The minimum atomic E-state index is -1.08. The van der Waals surface area contributed by atoms with Crippen LogP contribution in [-0.4, -0.2) is 113 Å². The highest BCUT2D eigenvalue weighted by Gasteiger charge is 2.51. The molecular formula is C29H46N6O10. The number of carbonyl (C=O) groups excluding carboxylic acids is 3. The van der Waals surface area contributed by atoms with Crippen molar-refractivity contribution in [1.82, 2.24) is 24.8 Å². The van der Waals surface area contributed by atoms with Gasteiger partial charge < -0.3 is 44.2 Å². The molecule has 2 aromatic heterocycles. The van der Waals surface area contributed by atoms with Crippen LogP contribution in [0.2, 0.25) is 0 Å². The molecule has 0 aliphatic carbocycles. The summed E-state index contributed by atoms with van der Waals surface area (Å²) in [5.41, 5.74) is 0.249. The zero-order valence-electron chi connectivity index (χ0n) is 27.0. The summed E-state index contributed by atoms with van der Waals surface area (Å²) in [6.45, 7) is 13.6. The first-order valence-corrected chi connectivity index (χ1v) is 15.0. The zero-order valence-corrected chi connectivity index (χ0v) is 27.0. The summed E-state index contributed by atoms with van der Waals surface area (Å²) in [4.78, 5) is 49.8. The molecule has 1 saturated heterocycles. The third-order valence-corrected chi connectivity index (χ3v) is 6.38. The molecule has 0 aromatic carbocycles. The van der Waals surface area contributed by atoms with Gasteiger partial charge in [0.25, 0.3) is 0 Å². The van der Waals surface area contributed by atoms with Gasteiger partial charge in [0.2, 0.25) is 0 Å². The molecule has 16 nitrogen and oxygen atoms in total. The van der Waals surface area contributed by atoms with Crippen molar-refractivity contribution >= 4 is 35.0 Å². The second-order valence-corrected chi connectivity index (χ2v) is 12.0. The number of nitrogens with one attached hydrogen (secondary N) is 2. The van der Waals surface area contributed by atoms with Crippen LogP contribution in [0.4, 0.5) is 10.6 Å². The van der Waals surface area contributed by atoms with Crippen LogP contribution in [0.15, 0.2) is 12.7 Å². The molecule has 252 valence electrons. The molecular weight excluding hydrogens is 592 g/mol. The molecule has 0 bridgehead atoms. The Morgan fingerprint density at radius 2 is 1.56 bits per heavy atom. The SMILES string of the molecule is CC(C)C(=O)O[C@@H]1[C@H](OC(=O)C(C)C)[C@@H](CO)O[C@H]1n1cnc2ncnc(NCCOCCOCCNC(=O)OC(C)(C)C)c21. The summed E-state index contributed by atoms with van der Waals surface area (Å²) < 4.78 is 35.4. The number of alkyl carbamates (subject to hydrolysis) is 1. The number of amides is 1. The number of hydrogen-bond donors (Lipinski definition) is 3. The van der Waals surface area contributed by atoms with E-state index in [1.165, 1.54) is 12.7 Å². The van der Waals surface area contributed by atoms with Gasteiger partial charge in [0.15, 0.2) is 29.9 Å². The molecule has 45 heavy (non-hydrogen) atoms. The number of anilines is 1. The molecule has 0 radical (unpaired) electrons. The van der Waals surface area contributed by atoms with Crippen molar-refractivity contribution in [3.8, 4) is 0 Å². The van der Waals surface area contributed by atoms with Gasteiger partial charge in [-0.2, -0.15) is 0 Å². The van der Waals surface area contributed by atoms with Crippen molar-refractivity contribution in [2.75, 3.05) is 51.4 Å². The Kier molecular flexibility index (Phi) is 13.3. The average molecular weight is 639 g/mol. The molecule has 3 heterocycles. The molecule has 2 aromatic rings. The Morgan fingerprint density at radius 1 is 0.933 bits per heavy atom. The van der Waals surface area contributed by atoms with Gasteiger partial charge in [0.1, 0.15) is 29.9 Å². The van der Waals surface area contributed by atoms with Crippen LogP contribution < -0.4 is 10.6 Å². The van der Waals surface area contributed by atoms with Gasteiger partial charge in [-0.25, -0.2) is 19.7 Å². The summed E-state index contributed by atoms with van der Waals surface area (Å²) in [6, 6.07) is 0. The lowest BCUT2D eigenvalue weighted by molar-refractivity contribution is -0.172. The van der Waals surface area contributed by atoms with Crippen molar-refractivity contribution in [2.45, 2.75) is 78.6 Å². The van der Waals surface area contributed by atoms with Crippen molar-refractivity contribution in [1.29, 1.82) is 0 Å². The van der Waals surface area contributed by atoms with Gasteiger partial charge in [-0.3, -0.25) is 14.2 Å². The third-order valence-electron chi connectivity index (χ3n) is 6.38. The fraction of sp³-hybridized carbons (Fsp3) is 0.724. The largest absolute Gasteiger partial charge is 0.455 e. The van der Waals surface area contributed by atoms with Crippen LogP contribution in [0.1, 0.15) is 54.7 Å². The van der Waals surface area contributed by atoms with Crippen LogP contribution >= 0.6 is 0 Å². The van der Waals surface area contributed by atoms with E-state index in [-0.39, 0.29) is 0 Å². The third kappa shape index (κ3) is 10.5. The van der Waals surface area contributed by atoms with E-state index in [2.05, 4.69) is 25.6 Å². The van der Waals surface area contributed by atoms with E-state index in [0.717, 1.165) is 0 Å². The molecule has 4 atom stereocenters. The lowest BCUT2D eigenvalue weighted by atomic mass is 10.1. The normalized spacial score (nSPS) is 20.0. The highest BCUT2D eigenvalue weighted by molar-refractivity contribution is 5.83. The number of aliphatic hydroxyl groups is 1. The van der Waals surface area contributed by atoms with Crippen LogP contribution in [0.25, 0.3) is 11.2 Å². The number of carbonyl (C=O) groups is 3. The number of esters is 2. The highest BCUT2D eigenvalue weighted by atomic mass is 16.6. The van der Waals surface area contributed by atoms with E-state index in [4.69, 9.17) is 28.4 Å². The number of ether oxygens (including phenoxy) is 6. The molecule has 3 N–H and O–H groups in total. The number of hydrogen-bond acceptors (Lipinski definition) is 14. The van der Waals surface area contributed by atoms with Gasteiger partial charge >= 0.3 is 18.0 Å². The molecule has 0 saturated carbocycles. The first-order chi connectivity index (χ1) is 21.3. The van der Waals surface area contributed by atoms with E-state index < -0.39 is 66.6 Å². The Balaban J connectivity index is 1.60. The van der Waals surface area contributed by atoms with Gasteiger partial charge in [-0.05, 0) is 20.8 Å². The molecule has 1 fully saturated rings. The number of aromatic nitrogens is 4. The van der Waals surface area contributed by atoms with Crippen LogP contribution in [0, 0.1) is 11.8 Å². The average Bonchev–Trinajstić information content (AvgIpc) is 3.54. The fourth-order valence-electron chi connectivity index (χ4n) is 4.19. The first kappa shape index (κ1) is 35.9. The maximum Gasteiger partial charge on any atom is 0.407 e. The molecule has 3 rings (SSSR count).